The van der Waals surface area contributed by atoms with Crippen molar-refractivity contribution < 1.29 is 72.3 Å². The van der Waals surface area contributed by atoms with E-state index >= 15 is 0 Å². The van der Waals surface area contributed by atoms with Crippen LogP contribution in [0.2, 0.25) is 0 Å². The molecule has 0 aromatic heterocycles. The second kappa shape index (κ2) is 47.5. The van der Waals surface area contributed by atoms with Crippen LogP contribution in [0.1, 0.15) is 276 Å². The molecule has 0 N–H and O–H groups in total. The van der Waals surface area contributed by atoms with E-state index in [1.54, 1.807) is 41.5 Å². The molecule has 0 radical (unpaired) electrons. The molecule has 0 aliphatic rings. The Bertz CT molecular complexity index is 919. The van der Waals surface area contributed by atoms with Crippen LogP contribution in [-0.2, 0) is 57.6 Å². The Morgan fingerprint density at radius 3 is 0.516 bits per heavy atom. The van der Waals surface area contributed by atoms with Gasteiger partial charge in [0.05, 0.1) is 36.6 Å². The van der Waals surface area contributed by atoms with E-state index in [1.807, 2.05) is 0 Å². The van der Waals surface area contributed by atoms with Crippen LogP contribution in [-0.4, -0.2) is 36.6 Å². The summed E-state index contributed by atoms with van der Waals surface area (Å²) in [6.07, 6.45) is 29.8. The molecule has 6 atom stereocenters. The zero-order chi connectivity index (χ0) is 48.4. The first kappa shape index (κ1) is 71.4. The Balaban J connectivity index is -0.000000419. The van der Waals surface area contributed by atoms with Gasteiger partial charge in [0, 0.05) is 0 Å². The first-order valence-electron chi connectivity index (χ1n) is 25.8. The zero-order valence-corrected chi connectivity index (χ0v) is 47.0. The van der Waals surface area contributed by atoms with E-state index in [2.05, 4.69) is 41.5 Å². The van der Waals surface area contributed by atoms with Gasteiger partial charge in [0.25, 0.3) is 23.5 Å². The second-order valence-electron chi connectivity index (χ2n) is 17.9. The van der Waals surface area contributed by atoms with Crippen molar-refractivity contribution in [3.63, 3.8) is 0 Å². The van der Waals surface area contributed by atoms with Crippen molar-refractivity contribution in [2.45, 2.75) is 312 Å². The van der Waals surface area contributed by atoms with Crippen molar-refractivity contribution in [3.05, 3.63) is 0 Å². The van der Waals surface area contributed by atoms with Crippen LogP contribution < -0.4 is 14.7 Å². The van der Waals surface area contributed by atoms with Crippen molar-refractivity contribution >= 4 is 23.5 Å². The summed E-state index contributed by atoms with van der Waals surface area (Å²) in [5.41, 5.74) is 0. The molecule has 12 nitrogen and oxygen atoms in total. The average Bonchev–Trinajstić information content (AvgIpc) is 3.18. The average molecular weight is 1020 g/mol. The minimum atomic E-state index is -4.17. The molecular formula is C48H102CoO12P3. The maximum absolute atomic E-state index is 11.8. The number of rotatable bonds is 42. The summed E-state index contributed by atoms with van der Waals surface area (Å²) >= 11 is 0. The molecule has 0 fully saturated rings. The molecular weight excluding hydrogens is 920 g/mol. The number of hydrogen-bond donors (Lipinski definition) is 0. The first-order chi connectivity index (χ1) is 29.7. The largest absolute Gasteiger partial charge is 3.00 e. The Labute approximate surface area is 406 Å². The van der Waals surface area contributed by atoms with Crippen LogP contribution >= 0.6 is 23.5 Å². The standard InChI is InChI=1S/3C16H35O4P.Co/c3*1-5-7-9-11-13-15(3)19-21(17,18)20-16(4)14-12-10-8-6-2;/h3*15-16H,5-14H2,1-4H3,(H,17,18);/q;;;+3/p-3. The van der Waals surface area contributed by atoms with Gasteiger partial charge >= 0.3 is 16.8 Å². The predicted molar refractivity (Wildman–Crippen MR) is 259 cm³/mol. The molecule has 0 spiro atoms. The van der Waals surface area contributed by atoms with Gasteiger partial charge in [-0.1, -0.05) is 196 Å². The molecule has 0 heterocycles. The van der Waals surface area contributed by atoms with E-state index in [0.29, 0.717) is 0 Å². The fourth-order valence-electron chi connectivity index (χ4n) is 6.86. The van der Waals surface area contributed by atoms with E-state index in [1.165, 1.54) is 77.0 Å². The van der Waals surface area contributed by atoms with Crippen LogP contribution in [0, 0.1) is 0 Å². The summed E-state index contributed by atoms with van der Waals surface area (Å²) in [6, 6.07) is 0. The Morgan fingerprint density at radius 1 is 0.281 bits per heavy atom. The van der Waals surface area contributed by atoms with Gasteiger partial charge in [0.1, 0.15) is 0 Å². The molecule has 0 aromatic carbocycles. The maximum Gasteiger partial charge on any atom is 3.00 e. The van der Waals surface area contributed by atoms with Gasteiger partial charge in [-0.3, -0.25) is 13.7 Å². The van der Waals surface area contributed by atoms with Gasteiger partial charge in [-0.2, -0.15) is 0 Å². The fraction of sp³-hybridized carbons (Fsp3) is 1.00. The summed E-state index contributed by atoms with van der Waals surface area (Å²) < 4.78 is 66.0. The van der Waals surface area contributed by atoms with Crippen molar-refractivity contribution in [3.8, 4) is 0 Å². The van der Waals surface area contributed by atoms with Crippen LogP contribution in [0.4, 0.5) is 0 Å². The van der Waals surface area contributed by atoms with E-state index < -0.39 is 23.5 Å². The Morgan fingerprint density at radius 2 is 0.406 bits per heavy atom. The van der Waals surface area contributed by atoms with Crippen LogP contribution in [0.3, 0.4) is 0 Å². The molecule has 390 valence electrons. The van der Waals surface area contributed by atoms with Gasteiger partial charge in [-0.05, 0) is 80.1 Å². The van der Waals surface area contributed by atoms with E-state index in [0.717, 1.165) is 116 Å². The van der Waals surface area contributed by atoms with Crippen molar-refractivity contribution in [2.24, 2.45) is 0 Å². The molecule has 0 amide bonds. The molecule has 0 saturated carbocycles. The Hall–Kier alpha value is 0.836. The molecule has 0 aliphatic carbocycles. The minimum absolute atomic E-state index is 0. The number of phosphoric ester groups is 3. The third-order valence-electron chi connectivity index (χ3n) is 10.6. The zero-order valence-electron chi connectivity index (χ0n) is 43.3. The third kappa shape index (κ3) is 53.8. The third-order valence-corrected chi connectivity index (χ3v) is 14.3. The van der Waals surface area contributed by atoms with E-state index in [4.69, 9.17) is 27.1 Å². The Kier molecular flexibility index (Phi) is 53.0. The molecule has 0 aliphatic heterocycles. The molecule has 0 saturated heterocycles. The molecule has 6 unspecified atom stereocenters. The quantitative estimate of drug-likeness (QED) is 0.0418. The van der Waals surface area contributed by atoms with Crippen molar-refractivity contribution in [1.29, 1.82) is 0 Å². The normalized spacial score (nSPS) is 17.1. The monoisotopic (exact) mass is 1020 g/mol. The van der Waals surface area contributed by atoms with Crippen LogP contribution in [0.15, 0.2) is 0 Å². The maximum atomic E-state index is 11.8. The summed E-state index contributed by atoms with van der Waals surface area (Å²) in [6.45, 7) is 23.7. The SMILES string of the molecule is CCCCCCC(C)OP(=O)([O-])OC(C)CCCCCC.CCCCCCC(C)OP(=O)([O-])OC(C)CCCCCC.CCCCCCC(C)OP(=O)([O-])OC(C)CCCCCC.[Co+3]. The molecule has 16 heteroatoms. The van der Waals surface area contributed by atoms with Gasteiger partial charge in [0.2, 0.25) is 0 Å². The van der Waals surface area contributed by atoms with E-state index in [-0.39, 0.29) is 53.4 Å². The van der Waals surface area contributed by atoms with Crippen molar-refractivity contribution in [2.75, 3.05) is 0 Å². The van der Waals surface area contributed by atoms with Gasteiger partial charge < -0.3 is 41.8 Å². The minimum Gasteiger partial charge on any atom is -0.756 e. The number of phosphoric acid groups is 3. The van der Waals surface area contributed by atoms with E-state index in [9.17, 15) is 28.4 Å². The summed E-state index contributed by atoms with van der Waals surface area (Å²) in [7, 11) is -12.5. The topological polar surface area (TPSA) is 176 Å². The van der Waals surface area contributed by atoms with Crippen LogP contribution in [0.5, 0.6) is 0 Å². The fourth-order valence-corrected chi connectivity index (χ4v) is 10.3. The molecule has 0 bridgehead atoms. The summed E-state index contributed by atoms with van der Waals surface area (Å²) in [5, 5.41) is 0. The predicted octanol–water partition coefficient (Wildman–Crippen LogP) is 15.6. The van der Waals surface area contributed by atoms with Gasteiger partial charge in [0.15, 0.2) is 0 Å². The summed E-state index contributed by atoms with van der Waals surface area (Å²) in [5.74, 6) is 0. The second-order valence-corrected chi connectivity index (χ2v) is 21.9. The summed E-state index contributed by atoms with van der Waals surface area (Å²) in [4.78, 5) is 35.4. The van der Waals surface area contributed by atoms with Crippen molar-refractivity contribution in [1.82, 2.24) is 0 Å². The molecule has 0 rings (SSSR count). The van der Waals surface area contributed by atoms with Crippen LogP contribution in [0.25, 0.3) is 0 Å². The molecule has 0 aromatic rings. The molecule has 64 heavy (non-hydrogen) atoms. The van der Waals surface area contributed by atoms with Gasteiger partial charge in [-0.25, -0.2) is 0 Å². The number of unbranched alkanes of at least 4 members (excludes halogenated alkanes) is 18. The number of hydrogen-bond acceptors (Lipinski definition) is 12. The van der Waals surface area contributed by atoms with Gasteiger partial charge in [-0.15, -0.1) is 0 Å². The first-order valence-corrected chi connectivity index (χ1v) is 30.1. The smallest absolute Gasteiger partial charge is 0.756 e.